The highest BCUT2D eigenvalue weighted by Gasteiger charge is 2.19. The summed E-state index contributed by atoms with van der Waals surface area (Å²) in [5.74, 6) is 0.830. The van der Waals surface area contributed by atoms with Crippen molar-refractivity contribution in [2.24, 2.45) is 11.5 Å². The number of para-hydroxylation sites is 1. The van der Waals surface area contributed by atoms with Crippen LogP contribution >= 0.6 is 0 Å². The largest absolute Gasteiger partial charge is 0.479 e. The maximum Gasteiger partial charge on any atom is 0.193 e. The zero-order valence-electron chi connectivity index (χ0n) is 20.3. The number of hydrogen-bond donors (Lipinski definition) is 5. The van der Waals surface area contributed by atoms with Gasteiger partial charge in [0.1, 0.15) is 11.2 Å². The van der Waals surface area contributed by atoms with E-state index < -0.39 is 0 Å². The van der Waals surface area contributed by atoms with Gasteiger partial charge in [-0.15, -0.1) is 0 Å². The van der Waals surface area contributed by atoms with Crippen LogP contribution in [0.4, 0.5) is 11.4 Å². The number of aromatic nitrogens is 2. The van der Waals surface area contributed by atoms with Gasteiger partial charge in [-0.1, -0.05) is 12.1 Å². The van der Waals surface area contributed by atoms with Gasteiger partial charge in [0.15, 0.2) is 17.4 Å². The molecule has 0 fully saturated rings. The van der Waals surface area contributed by atoms with Crippen LogP contribution in [-0.4, -0.2) is 28.3 Å². The van der Waals surface area contributed by atoms with Gasteiger partial charge in [0.2, 0.25) is 0 Å². The fourth-order valence-corrected chi connectivity index (χ4v) is 3.60. The zero-order chi connectivity index (χ0) is 24.8. The first kappa shape index (κ1) is 24.6. The number of aryl methyl sites for hydroxylation is 1. The summed E-state index contributed by atoms with van der Waals surface area (Å²) in [6.45, 7) is 10.4. The van der Waals surface area contributed by atoms with Crippen molar-refractivity contribution >= 4 is 33.8 Å². The van der Waals surface area contributed by atoms with Gasteiger partial charge < -0.3 is 36.7 Å². The summed E-state index contributed by atoms with van der Waals surface area (Å²) in [6, 6.07) is 7.86. The van der Waals surface area contributed by atoms with Gasteiger partial charge in [0, 0.05) is 25.1 Å². The smallest absolute Gasteiger partial charge is 0.193 e. The van der Waals surface area contributed by atoms with Crippen molar-refractivity contribution in [1.82, 2.24) is 9.97 Å². The van der Waals surface area contributed by atoms with Crippen molar-refractivity contribution in [2.75, 3.05) is 17.2 Å². The molecular weight excluding hydrogens is 430 g/mol. The zero-order valence-corrected chi connectivity index (χ0v) is 20.3. The Bertz CT molecular complexity index is 1240. The predicted molar refractivity (Wildman–Crippen MR) is 138 cm³/mol. The van der Waals surface area contributed by atoms with Gasteiger partial charge in [0.05, 0.1) is 35.0 Å². The summed E-state index contributed by atoms with van der Waals surface area (Å²) in [5, 5.41) is 15.3. The summed E-state index contributed by atoms with van der Waals surface area (Å²) in [5.41, 5.74) is 17.8. The molecule has 0 saturated heterocycles. The normalized spacial score (nSPS) is 12.3. The van der Waals surface area contributed by atoms with E-state index in [1.54, 1.807) is 13.0 Å². The molecule has 0 amide bonds. The van der Waals surface area contributed by atoms with Gasteiger partial charge >= 0.3 is 0 Å². The number of nitrogens with one attached hydrogen (secondary N) is 3. The summed E-state index contributed by atoms with van der Waals surface area (Å²) in [4.78, 5) is 9.26. The number of pyridine rings is 1. The first-order valence-electron chi connectivity index (χ1n) is 11.2. The van der Waals surface area contributed by atoms with Crippen LogP contribution in [0.3, 0.4) is 0 Å². The van der Waals surface area contributed by atoms with E-state index in [9.17, 15) is 0 Å². The second kappa shape index (κ2) is 10.7. The number of benzene rings is 1. The van der Waals surface area contributed by atoms with E-state index in [4.69, 9.17) is 31.0 Å². The Morgan fingerprint density at radius 1 is 1.29 bits per heavy atom. The first-order valence-corrected chi connectivity index (χ1v) is 11.2. The molecule has 0 aliphatic rings. The van der Waals surface area contributed by atoms with E-state index >= 15 is 0 Å². The van der Waals surface area contributed by atoms with Crippen LogP contribution in [0.15, 0.2) is 46.8 Å². The van der Waals surface area contributed by atoms with Crippen LogP contribution in [0.5, 0.6) is 0 Å². The molecule has 180 valence electrons. The third kappa shape index (κ3) is 5.48. The van der Waals surface area contributed by atoms with Crippen LogP contribution in [0, 0.1) is 12.3 Å². The first-order chi connectivity index (χ1) is 16.2. The van der Waals surface area contributed by atoms with Gasteiger partial charge in [-0.3, -0.25) is 0 Å². The number of hydrogen-bond acceptors (Lipinski definition) is 9. The van der Waals surface area contributed by atoms with Crippen molar-refractivity contribution in [3.05, 3.63) is 65.3 Å². The minimum atomic E-state index is 0.125. The van der Waals surface area contributed by atoms with Gasteiger partial charge in [-0.2, -0.15) is 0 Å². The number of allylic oxidation sites excluding steroid dienone is 2. The van der Waals surface area contributed by atoms with E-state index in [0.717, 1.165) is 28.0 Å². The minimum absolute atomic E-state index is 0.125. The highest BCUT2D eigenvalue weighted by molar-refractivity contribution is 6.03. The standard InChI is InChI=1S/C25H33N7O2/c1-6-33-25(28)18(10-11-26)19-12-20(24(30-14(2)3)22(32-19)15(4)27)29-13-17-8-7-9-21-23(17)31-16(5)34-21/h7-12,14,27,30H,6,13,26,28H2,1-5H3,(H,29,32)/b11-10-,25-18-,27-15?. The lowest BCUT2D eigenvalue weighted by molar-refractivity contribution is 0.228. The summed E-state index contributed by atoms with van der Waals surface area (Å²) in [7, 11) is 0. The van der Waals surface area contributed by atoms with E-state index in [1.165, 1.54) is 6.20 Å². The number of fused-ring (bicyclic) bond motifs is 1. The third-order valence-electron chi connectivity index (χ3n) is 4.99. The number of anilines is 2. The number of oxazole rings is 1. The van der Waals surface area contributed by atoms with Crippen molar-refractivity contribution in [3.63, 3.8) is 0 Å². The molecule has 0 saturated carbocycles. The average Bonchev–Trinajstić information content (AvgIpc) is 3.17. The molecule has 0 bridgehead atoms. The van der Waals surface area contributed by atoms with Gasteiger partial charge in [-0.05, 0) is 52.1 Å². The Hall–Kier alpha value is -4.01. The summed E-state index contributed by atoms with van der Waals surface area (Å²) >= 11 is 0. The highest BCUT2D eigenvalue weighted by atomic mass is 16.5. The lowest BCUT2D eigenvalue weighted by Crippen LogP contribution is -2.18. The Morgan fingerprint density at radius 2 is 2.06 bits per heavy atom. The summed E-state index contributed by atoms with van der Waals surface area (Å²) in [6.07, 6.45) is 3.04. The van der Waals surface area contributed by atoms with E-state index in [2.05, 4.69) is 15.6 Å². The van der Waals surface area contributed by atoms with Gasteiger partial charge in [-0.25, -0.2) is 9.97 Å². The quantitative estimate of drug-likeness (QED) is 0.168. The van der Waals surface area contributed by atoms with Crippen molar-refractivity contribution in [1.29, 1.82) is 5.41 Å². The van der Waals surface area contributed by atoms with E-state index in [-0.39, 0.29) is 11.9 Å². The molecule has 7 N–H and O–H groups in total. The second-order valence-corrected chi connectivity index (χ2v) is 8.12. The van der Waals surface area contributed by atoms with Gasteiger partial charge in [0.25, 0.3) is 0 Å². The van der Waals surface area contributed by atoms with Crippen LogP contribution in [-0.2, 0) is 11.3 Å². The van der Waals surface area contributed by atoms with Crippen LogP contribution in [0.1, 0.15) is 50.5 Å². The maximum absolute atomic E-state index is 8.38. The van der Waals surface area contributed by atoms with Crippen molar-refractivity contribution in [3.8, 4) is 0 Å². The van der Waals surface area contributed by atoms with Crippen LogP contribution in [0.25, 0.3) is 16.7 Å². The molecule has 0 aliphatic heterocycles. The summed E-state index contributed by atoms with van der Waals surface area (Å²) < 4.78 is 11.2. The topological polar surface area (TPSA) is 148 Å². The second-order valence-electron chi connectivity index (χ2n) is 8.12. The Balaban J connectivity index is 2.14. The molecular formula is C25H33N7O2. The average molecular weight is 464 g/mol. The lowest BCUT2D eigenvalue weighted by atomic mass is 10.1. The molecule has 0 aliphatic carbocycles. The molecule has 3 rings (SSSR count). The number of nitrogens with two attached hydrogens (primary N) is 2. The molecule has 34 heavy (non-hydrogen) atoms. The van der Waals surface area contributed by atoms with E-state index in [1.807, 2.05) is 52.0 Å². The molecule has 0 radical (unpaired) electrons. The molecule has 2 heterocycles. The molecule has 0 spiro atoms. The maximum atomic E-state index is 8.38. The fourth-order valence-electron chi connectivity index (χ4n) is 3.60. The molecule has 1 aromatic carbocycles. The fraction of sp³-hybridized carbons (Fsp3) is 0.320. The van der Waals surface area contributed by atoms with E-state index in [0.29, 0.717) is 41.7 Å². The Kier molecular flexibility index (Phi) is 7.78. The van der Waals surface area contributed by atoms with Crippen molar-refractivity contribution < 1.29 is 9.15 Å². The molecule has 0 atom stereocenters. The van der Waals surface area contributed by atoms with Crippen LogP contribution in [0.2, 0.25) is 0 Å². The molecule has 0 unspecified atom stereocenters. The molecule has 3 aromatic rings. The van der Waals surface area contributed by atoms with Crippen molar-refractivity contribution in [2.45, 2.75) is 47.2 Å². The number of rotatable bonds is 10. The Morgan fingerprint density at radius 3 is 2.71 bits per heavy atom. The highest BCUT2D eigenvalue weighted by Crippen LogP contribution is 2.32. The SMILES string of the molecule is CCO/C(N)=C(/C=C\N)c1cc(NCc2cccc3oc(C)nc23)c(NC(C)C)c(C(C)=N)n1. The monoisotopic (exact) mass is 463 g/mol. The predicted octanol–water partition coefficient (Wildman–Crippen LogP) is 4.49. The number of nitrogens with zero attached hydrogens (tertiary/aromatic N) is 2. The minimum Gasteiger partial charge on any atom is -0.479 e. The Labute approximate surface area is 199 Å². The third-order valence-corrected chi connectivity index (χ3v) is 4.99. The molecule has 9 nitrogen and oxygen atoms in total. The number of ether oxygens (including phenoxy) is 1. The van der Waals surface area contributed by atoms with Crippen LogP contribution < -0.4 is 22.1 Å². The molecule has 9 heteroatoms. The molecule has 2 aromatic heterocycles. The lowest BCUT2D eigenvalue weighted by Gasteiger charge is -2.21.